The second-order valence-corrected chi connectivity index (χ2v) is 4.44. The summed E-state index contributed by atoms with van der Waals surface area (Å²) in [6, 6.07) is 8.26. The van der Waals surface area contributed by atoms with Gasteiger partial charge < -0.3 is 9.47 Å². The number of ketones is 1. The highest BCUT2D eigenvalue weighted by Gasteiger charge is 2.08. The maximum absolute atomic E-state index is 13.5. The molecule has 0 aliphatic rings. The van der Waals surface area contributed by atoms with Gasteiger partial charge >= 0.3 is 0 Å². The average molecular weight is 304 g/mol. The molecule has 2 aromatic carbocycles. The molecule has 0 fully saturated rings. The number of halogens is 2. The molecule has 114 valence electrons. The topological polar surface area (TPSA) is 35.5 Å². The van der Waals surface area contributed by atoms with E-state index in [1.54, 1.807) is 6.07 Å². The van der Waals surface area contributed by atoms with E-state index in [9.17, 15) is 13.6 Å². The summed E-state index contributed by atoms with van der Waals surface area (Å²) in [6.07, 6.45) is 2.70. The van der Waals surface area contributed by atoms with Crippen molar-refractivity contribution in [3.63, 3.8) is 0 Å². The summed E-state index contributed by atoms with van der Waals surface area (Å²) in [7, 11) is 2.72. The van der Waals surface area contributed by atoms with Crippen molar-refractivity contribution in [3.05, 3.63) is 65.2 Å². The lowest BCUT2D eigenvalue weighted by atomic mass is 10.1. The van der Waals surface area contributed by atoms with Gasteiger partial charge in [-0.1, -0.05) is 12.1 Å². The minimum Gasteiger partial charge on any atom is -0.494 e. The van der Waals surface area contributed by atoms with Gasteiger partial charge in [0.1, 0.15) is 0 Å². The van der Waals surface area contributed by atoms with E-state index < -0.39 is 17.4 Å². The Bertz CT molecular complexity index is 724. The number of methoxy groups -OCH3 is 2. The van der Waals surface area contributed by atoms with Crippen LogP contribution in [0.2, 0.25) is 0 Å². The number of hydrogen-bond donors (Lipinski definition) is 0. The van der Waals surface area contributed by atoms with Crippen molar-refractivity contribution >= 4 is 11.9 Å². The summed E-state index contributed by atoms with van der Waals surface area (Å²) in [5, 5.41) is 0. The van der Waals surface area contributed by atoms with Crippen molar-refractivity contribution in [3.8, 4) is 11.5 Å². The molecule has 0 bridgehead atoms. The highest BCUT2D eigenvalue weighted by atomic mass is 19.1. The van der Waals surface area contributed by atoms with Crippen molar-refractivity contribution in [2.24, 2.45) is 0 Å². The van der Waals surface area contributed by atoms with E-state index in [2.05, 4.69) is 0 Å². The first-order valence-corrected chi connectivity index (χ1v) is 6.44. The highest BCUT2D eigenvalue weighted by Crippen LogP contribution is 2.20. The number of benzene rings is 2. The van der Waals surface area contributed by atoms with E-state index >= 15 is 0 Å². The fourth-order valence-electron chi connectivity index (χ4n) is 1.87. The third kappa shape index (κ3) is 3.49. The fraction of sp³-hybridized carbons (Fsp3) is 0.118. The first-order valence-electron chi connectivity index (χ1n) is 6.44. The van der Waals surface area contributed by atoms with Crippen LogP contribution >= 0.6 is 0 Å². The van der Waals surface area contributed by atoms with Gasteiger partial charge in [0.2, 0.25) is 0 Å². The Kier molecular flexibility index (Phi) is 4.88. The molecule has 0 radical (unpaired) electrons. The molecule has 22 heavy (non-hydrogen) atoms. The molecule has 5 heteroatoms. The van der Waals surface area contributed by atoms with E-state index in [4.69, 9.17) is 9.47 Å². The van der Waals surface area contributed by atoms with Crippen LogP contribution in [-0.2, 0) is 0 Å². The predicted molar refractivity (Wildman–Crippen MR) is 79.3 cm³/mol. The summed E-state index contributed by atoms with van der Waals surface area (Å²) < 4.78 is 36.7. The Labute approximate surface area is 126 Å². The number of allylic oxidation sites excluding steroid dienone is 1. The summed E-state index contributed by atoms with van der Waals surface area (Å²) in [5.41, 5.74) is 0.684. The van der Waals surface area contributed by atoms with E-state index in [1.165, 1.54) is 50.6 Å². The Balaban J connectivity index is 2.17. The molecule has 0 unspecified atom stereocenters. The zero-order chi connectivity index (χ0) is 16.1. The number of carbonyl (C=O) groups is 1. The first kappa shape index (κ1) is 15.7. The molecule has 0 aromatic heterocycles. The smallest absolute Gasteiger partial charge is 0.185 e. The number of rotatable bonds is 5. The van der Waals surface area contributed by atoms with Crippen molar-refractivity contribution in [2.45, 2.75) is 0 Å². The Hall–Kier alpha value is -2.69. The molecule has 0 amide bonds. The Morgan fingerprint density at radius 1 is 0.955 bits per heavy atom. The first-order chi connectivity index (χ1) is 10.5. The SMILES string of the molecule is COc1ccc(/C=C/C(=O)c2ccc(OC)c(F)c2)cc1F. The van der Waals surface area contributed by atoms with Crippen molar-refractivity contribution < 1.29 is 23.0 Å². The van der Waals surface area contributed by atoms with E-state index in [0.717, 1.165) is 6.07 Å². The molecule has 0 saturated heterocycles. The van der Waals surface area contributed by atoms with Gasteiger partial charge in [0.15, 0.2) is 28.9 Å². The molecule has 3 nitrogen and oxygen atoms in total. The molecule has 0 aliphatic carbocycles. The third-order valence-corrected chi connectivity index (χ3v) is 3.04. The third-order valence-electron chi connectivity index (χ3n) is 3.04. The minimum absolute atomic E-state index is 0.0674. The zero-order valence-electron chi connectivity index (χ0n) is 12.1. The van der Waals surface area contributed by atoms with Crippen molar-refractivity contribution in [1.29, 1.82) is 0 Å². The summed E-state index contributed by atoms with van der Waals surface area (Å²) in [5.74, 6) is -1.33. The summed E-state index contributed by atoms with van der Waals surface area (Å²) in [6.45, 7) is 0. The van der Waals surface area contributed by atoms with Gasteiger partial charge in [-0.25, -0.2) is 8.78 Å². The van der Waals surface area contributed by atoms with Gasteiger partial charge in [0.05, 0.1) is 14.2 Å². The lowest BCUT2D eigenvalue weighted by molar-refractivity contribution is 0.104. The minimum atomic E-state index is -0.614. The number of hydrogen-bond acceptors (Lipinski definition) is 3. The van der Waals surface area contributed by atoms with Gasteiger partial charge in [-0.3, -0.25) is 4.79 Å². The highest BCUT2D eigenvalue weighted by molar-refractivity contribution is 6.06. The summed E-state index contributed by atoms with van der Waals surface area (Å²) in [4.78, 5) is 12.0. The number of carbonyl (C=O) groups excluding carboxylic acids is 1. The monoisotopic (exact) mass is 304 g/mol. The molecular formula is C17H14F2O3. The van der Waals surface area contributed by atoms with E-state index in [0.29, 0.717) is 5.56 Å². The standard InChI is InChI=1S/C17H14F2O3/c1-21-16-7-4-11(9-13(16)18)3-6-15(20)12-5-8-17(22-2)14(19)10-12/h3-10H,1-2H3/b6-3+. The largest absolute Gasteiger partial charge is 0.494 e. The van der Waals surface area contributed by atoms with Crippen LogP contribution in [0.1, 0.15) is 15.9 Å². The molecule has 0 atom stereocenters. The normalized spacial score (nSPS) is 10.7. The lowest BCUT2D eigenvalue weighted by Gasteiger charge is -2.03. The van der Waals surface area contributed by atoms with Gasteiger partial charge in [-0.15, -0.1) is 0 Å². The Morgan fingerprint density at radius 3 is 2.09 bits per heavy atom. The second-order valence-electron chi connectivity index (χ2n) is 4.44. The molecule has 0 saturated carbocycles. The van der Waals surface area contributed by atoms with Gasteiger partial charge in [0.25, 0.3) is 0 Å². The van der Waals surface area contributed by atoms with Crippen LogP contribution in [0.15, 0.2) is 42.5 Å². The molecule has 2 rings (SSSR count). The molecule has 0 aliphatic heterocycles. The molecule has 0 N–H and O–H groups in total. The number of ether oxygens (including phenoxy) is 2. The van der Waals surface area contributed by atoms with Crippen molar-refractivity contribution in [1.82, 2.24) is 0 Å². The second kappa shape index (κ2) is 6.85. The van der Waals surface area contributed by atoms with Crippen molar-refractivity contribution in [2.75, 3.05) is 14.2 Å². The summed E-state index contributed by atoms with van der Waals surface area (Å²) >= 11 is 0. The Morgan fingerprint density at radius 2 is 1.55 bits per heavy atom. The quantitative estimate of drug-likeness (QED) is 0.621. The van der Waals surface area contributed by atoms with E-state index in [-0.39, 0.29) is 17.1 Å². The van der Waals surface area contributed by atoms with E-state index in [1.807, 2.05) is 0 Å². The van der Waals surface area contributed by atoms with Crippen LogP contribution in [0.25, 0.3) is 6.08 Å². The van der Waals surface area contributed by atoms with Crippen LogP contribution in [0.4, 0.5) is 8.78 Å². The van der Waals surface area contributed by atoms with Crippen LogP contribution in [-0.4, -0.2) is 20.0 Å². The zero-order valence-corrected chi connectivity index (χ0v) is 12.1. The van der Waals surface area contributed by atoms with Gasteiger partial charge in [-0.2, -0.15) is 0 Å². The molecule has 2 aromatic rings. The van der Waals surface area contributed by atoms with Crippen LogP contribution in [0.5, 0.6) is 11.5 Å². The predicted octanol–water partition coefficient (Wildman–Crippen LogP) is 3.88. The maximum atomic E-state index is 13.5. The maximum Gasteiger partial charge on any atom is 0.185 e. The fourth-order valence-corrected chi connectivity index (χ4v) is 1.87. The van der Waals surface area contributed by atoms with Crippen LogP contribution < -0.4 is 9.47 Å². The van der Waals surface area contributed by atoms with Gasteiger partial charge in [0, 0.05) is 5.56 Å². The lowest BCUT2D eigenvalue weighted by Crippen LogP contribution is -1.97. The molecular weight excluding hydrogens is 290 g/mol. The molecule has 0 spiro atoms. The van der Waals surface area contributed by atoms with Gasteiger partial charge in [-0.05, 0) is 42.0 Å². The van der Waals surface area contributed by atoms with Crippen LogP contribution in [0, 0.1) is 11.6 Å². The molecule has 0 heterocycles. The average Bonchev–Trinajstić information content (AvgIpc) is 2.52. The van der Waals surface area contributed by atoms with Crippen LogP contribution in [0.3, 0.4) is 0 Å².